The maximum atomic E-state index is 4.19. The van der Waals surface area contributed by atoms with Crippen molar-refractivity contribution in [2.45, 2.75) is 38.8 Å². The topological polar surface area (TPSA) is 28.2 Å². The van der Waals surface area contributed by atoms with Gasteiger partial charge in [-0.2, -0.15) is 0 Å². The van der Waals surface area contributed by atoms with Crippen molar-refractivity contribution in [3.05, 3.63) is 54.4 Å². The summed E-state index contributed by atoms with van der Waals surface area (Å²) in [7, 11) is 0. The minimum absolute atomic E-state index is 0.633. The Labute approximate surface area is 139 Å². The first-order chi connectivity index (χ1) is 11.3. The minimum atomic E-state index is 0.633. The first-order valence-corrected chi connectivity index (χ1v) is 8.80. The molecule has 2 heterocycles. The summed E-state index contributed by atoms with van der Waals surface area (Å²) in [6, 6.07) is 13.6. The third-order valence-electron chi connectivity index (χ3n) is 4.59. The Hall–Kier alpha value is -1.71. The maximum Gasteiger partial charge on any atom is 0.0346 e. The zero-order valence-electron chi connectivity index (χ0n) is 14.0. The molecule has 1 aromatic carbocycles. The number of nitrogens with one attached hydrogen (secondary N) is 1. The van der Waals surface area contributed by atoms with Crippen LogP contribution in [0.5, 0.6) is 0 Å². The fourth-order valence-corrected chi connectivity index (χ4v) is 3.35. The second-order valence-corrected chi connectivity index (χ2v) is 6.46. The molecule has 1 fully saturated rings. The lowest BCUT2D eigenvalue weighted by Crippen LogP contribution is -2.45. The van der Waals surface area contributed by atoms with Crippen molar-refractivity contribution in [2.24, 2.45) is 0 Å². The molecule has 122 valence electrons. The van der Waals surface area contributed by atoms with Crippen LogP contribution >= 0.6 is 0 Å². The van der Waals surface area contributed by atoms with Crippen molar-refractivity contribution in [3.8, 4) is 11.1 Å². The van der Waals surface area contributed by atoms with Gasteiger partial charge in [-0.1, -0.05) is 37.3 Å². The van der Waals surface area contributed by atoms with E-state index in [-0.39, 0.29) is 0 Å². The van der Waals surface area contributed by atoms with Gasteiger partial charge in [0.2, 0.25) is 0 Å². The SMILES string of the molecule is CCCN1CCCC(NCc2ccc(-c3cccnc3)cc2)C1. The zero-order chi connectivity index (χ0) is 15.9. The lowest BCUT2D eigenvalue weighted by atomic mass is 10.0. The molecule has 0 amide bonds. The van der Waals surface area contributed by atoms with Crippen LogP contribution in [0.1, 0.15) is 31.7 Å². The number of rotatable bonds is 6. The van der Waals surface area contributed by atoms with E-state index in [1.165, 1.54) is 55.6 Å². The van der Waals surface area contributed by atoms with Gasteiger partial charge < -0.3 is 10.2 Å². The molecule has 1 N–H and O–H groups in total. The minimum Gasteiger partial charge on any atom is -0.309 e. The summed E-state index contributed by atoms with van der Waals surface area (Å²) < 4.78 is 0. The van der Waals surface area contributed by atoms with E-state index in [0.29, 0.717) is 6.04 Å². The van der Waals surface area contributed by atoms with Crippen molar-refractivity contribution in [1.29, 1.82) is 0 Å². The van der Waals surface area contributed by atoms with Crippen LogP contribution in [0.2, 0.25) is 0 Å². The number of benzene rings is 1. The second kappa shape index (κ2) is 8.23. The quantitative estimate of drug-likeness (QED) is 0.881. The smallest absolute Gasteiger partial charge is 0.0346 e. The summed E-state index contributed by atoms with van der Waals surface area (Å²) >= 11 is 0. The molecule has 1 aliphatic heterocycles. The monoisotopic (exact) mass is 309 g/mol. The van der Waals surface area contributed by atoms with E-state index in [1.807, 2.05) is 18.5 Å². The van der Waals surface area contributed by atoms with Crippen LogP contribution in [-0.2, 0) is 6.54 Å². The molecular formula is C20H27N3. The molecule has 1 aromatic heterocycles. The van der Waals surface area contributed by atoms with Crippen LogP contribution in [0.4, 0.5) is 0 Å². The van der Waals surface area contributed by atoms with Gasteiger partial charge in [0.1, 0.15) is 0 Å². The van der Waals surface area contributed by atoms with Crippen LogP contribution in [0.3, 0.4) is 0 Å². The Kier molecular flexibility index (Phi) is 5.78. The van der Waals surface area contributed by atoms with Gasteiger partial charge in [0.25, 0.3) is 0 Å². The predicted molar refractivity (Wildman–Crippen MR) is 96.3 cm³/mol. The van der Waals surface area contributed by atoms with E-state index in [1.54, 1.807) is 0 Å². The molecule has 1 aliphatic rings. The van der Waals surface area contributed by atoms with Gasteiger partial charge in [-0.3, -0.25) is 4.98 Å². The van der Waals surface area contributed by atoms with Gasteiger partial charge >= 0.3 is 0 Å². The standard InChI is InChI=1S/C20H27N3/c1-2-12-23-13-4-6-20(16-23)22-14-17-7-9-18(10-8-17)19-5-3-11-21-15-19/h3,5,7-11,15,20,22H,2,4,6,12-14,16H2,1H3. The van der Waals surface area contributed by atoms with Crippen molar-refractivity contribution < 1.29 is 0 Å². The number of hydrogen-bond donors (Lipinski definition) is 1. The van der Waals surface area contributed by atoms with E-state index in [4.69, 9.17) is 0 Å². The van der Waals surface area contributed by atoms with E-state index in [2.05, 4.69) is 52.5 Å². The highest BCUT2D eigenvalue weighted by molar-refractivity contribution is 5.62. The second-order valence-electron chi connectivity index (χ2n) is 6.46. The molecule has 0 spiro atoms. The van der Waals surface area contributed by atoms with Gasteiger partial charge in [0, 0.05) is 31.5 Å². The molecule has 3 nitrogen and oxygen atoms in total. The third kappa shape index (κ3) is 4.63. The fourth-order valence-electron chi connectivity index (χ4n) is 3.35. The summed E-state index contributed by atoms with van der Waals surface area (Å²) in [6.45, 7) is 6.92. The van der Waals surface area contributed by atoms with Crippen LogP contribution < -0.4 is 5.32 Å². The molecule has 1 unspecified atom stereocenters. The Morgan fingerprint density at radius 1 is 1.17 bits per heavy atom. The molecule has 23 heavy (non-hydrogen) atoms. The van der Waals surface area contributed by atoms with E-state index in [9.17, 15) is 0 Å². The Bertz CT molecular complexity index is 578. The van der Waals surface area contributed by atoms with Gasteiger partial charge in [-0.15, -0.1) is 0 Å². The Morgan fingerprint density at radius 2 is 2.04 bits per heavy atom. The van der Waals surface area contributed by atoms with Gasteiger partial charge in [-0.25, -0.2) is 0 Å². The number of likely N-dealkylation sites (tertiary alicyclic amines) is 1. The summed E-state index contributed by atoms with van der Waals surface area (Å²) in [4.78, 5) is 6.78. The Balaban J connectivity index is 1.52. The summed E-state index contributed by atoms with van der Waals surface area (Å²) in [6.07, 6.45) is 7.60. The number of hydrogen-bond acceptors (Lipinski definition) is 3. The number of nitrogens with zero attached hydrogens (tertiary/aromatic N) is 2. The summed E-state index contributed by atoms with van der Waals surface area (Å²) in [5, 5.41) is 3.73. The van der Waals surface area contributed by atoms with Crippen molar-refractivity contribution >= 4 is 0 Å². The zero-order valence-corrected chi connectivity index (χ0v) is 14.0. The lowest BCUT2D eigenvalue weighted by molar-refractivity contribution is 0.190. The lowest BCUT2D eigenvalue weighted by Gasteiger charge is -2.33. The van der Waals surface area contributed by atoms with Gasteiger partial charge in [0.05, 0.1) is 0 Å². The molecule has 3 rings (SSSR count). The molecule has 0 bridgehead atoms. The number of aromatic nitrogens is 1. The molecule has 2 aromatic rings. The molecule has 0 saturated carbocycles. The maximum absolute atomic E-state index is 4.19. The average Bonchev–Trinajstić information content (AvgIpc) is 2.62. The van der Waals surface area contributed by atoms with Crippen LogP contribution in [0.25, 0.3) is 11.1 Å². The van der Waals surface area contributed by atoms with E-state index in [0.717, 1.165) is 6.54 Å². The normalized spacial score (nSPS) is 18.9. The van der Waals surface area contributed by atoms with E-state index < -0.39 is 0 Å². The molecule has 1 atom stereocenters. The highest BCUT2D eigenvalue weighted by Gasteiger charge is 2.18. The van der Waals surface area contributed by atoms with Gasteiger partial charge in [-0.05, 0) is 55.1 Å². The highest BCUT2D eigenvalue weighted by atomic mass is 15.2. The van der Waals surface area contributed by atoms with Crippen molar-refractivity contribution in [1.82, 2.24) is 15.2 Å². The summed E-state index contributed by atoms with van der Waals surface area (Å²) in [5.41, 5.74) is 3.76. The fraction of sp³-hybridized carbons (Fsp3) is 0.450. The number of pyridine rings is 1. The molecule has 1 saturated heterocycles. The largest absolute Gasteiger partial charge is 0.309 e. The summed E-state index contributed by atoms with van der Waals surface area (Å²) in [5.74, 6) is 0. The van der Waals surface area contributed by atoms with Crippen LogP contribution in [0, 0.1) is 0 Å². The first kappa shape index (κ1) is 16.2. The molecule has 0 aliphatic carbocycles. The van der Waals surface area contributed by atoms with Crippen molar-refractivity contribution in [3.63, 3.8) is 0 Å². The predicted octanol–water partition coefficient (Wildman–Crippen LogP) is 3.71. The number of piperidine rings is 1. The van der Waals surface area contributed by atoms with E-state index >= 15 is 0 Å². The molecule has 3 heteroatoms. The van der Waals surface area contributed by atoms with Gasteiger partial charge in [0.15, 0.2) is 0 Å². The Morgan fingerprint density at radius 3 is 2.78 bits per heavy atom. The molecular weight excluding hydrogens is 282 g/mol. The third-order valence-corrected chi connectivity index (χ3v) is 4.59. The van der Waals surface area contributed by atoms with Crippen molar-refractivity contribution in [2.75, 3.05) is 19.6 Å². The highest BCUT2D eigenvalue weighted by Crippen LogP contribution is 2.18. The average molecular weight is 309 g/mol. The first-order valence-electron chi connectivity index (χ1n) is 8.80. The molecule has 0 radical (unpaired) electrons. The van der Waals surface area contributed by atoms with Crippen LogP contribution in [-0.4, -0.2) is 35.6 Å². The van der Waals surface area contributed by atoms with Crippen LogP contribution in [0.15, 0.2) is 48.8 Å².